The van der Waals surface area contributed by atoms with Crippen LogP contribution >= 0.6 is 23.5 Å². The third kappa shape index (κ3) is 2.84. The molecule has 1 saturated heterocycles. The van der Waals surface area contributed by atoms with E-state index in [1.807, 2.05) is 0 Å². The molecule has 0 aromatic carbocycles. The van der Waals surface area contributed by atoms with E-state index in [-0.39, 0.29) is 11.4 Å². The zero-order chi connectivity index (χ0) is 17.3. The average Bonchev–Trinajstić information content (AvgIpc) is 2.60. The smallest absolute Gasteiger partial charge is 0.352 e. The van der Waals surface area contributed by atoms with Crippen molar-refractivity contribution in [1.82, 2.24) is 15.5 Å². The van der Waals surface area contributed by atoms with Crippen LogP contribution in [0, 0.1) is 0 Å². The Hall–Kier alpha value is -2.14. The minimum absolute atomic E-state index is 0.0710. The van der Waals surface area contributed by atoms with Crippen LogP contribution in [-0.2, 0) is 14.4 Å². The molecule has 0 spiro atoms. The standard InChI is InChI=1S/C13H14N4O5S2/c18-10(8(16-22)6-5-23-4-2-14-6)15-9-11(19)17-7(13(20)21)1-3-24-12(9)17/h1,5,9,12,14,22H,2-4H2,(H,15,18)(H,20,21)/b16-8-/t9?,12-/m1/s1. The summed E-state index contributed by atoms with van der Waals surface area (Å²) in [7, 11) is 0. The Kier molecular flexibility index (Phi) is 4.71. The fourth-order valence-corrected chi connectivity index (χ4v) is 4.43. The van der Waals surface area contributed by atoms with E-state index in [0.717, 1.165) is 10.7 Å². The molecule has 3 heterocycles. The normalized spacial score (nSPS) is 26.4. The molecular weight excluding hydrogens is 356 g/mol. The number of hydrogen-bond donors (Lipinski definition) is 4. The van der Waals surface area contributed by atoms with Crippen molar-refractivity contribution >= 4 is 47.0 Å². The number of nitrogens with zero attached hydrogens (tertiary/aromatic N) is 2. The number of carboxylic acids is 1. The molecule has 9 nitrogen and oxygen atoms in total. The van der Waals surface area contributed by atoms with Crippen LogP contribution in [0.15, 0.2) is 28.0 Å². The summed E-state index contributed by atoms with van der Waals surface area (Å²) in [5.74, 6) is -1.09. The first kappa shape index (κ1) is 16.7. The highest BCUT2D eigenvalue weighted by Gasteiger charge is 2.53. The molecule has 1 unspecified atom stereocenters. The molecule has 128 valence electrons. The second-order valence-electron chi connectivity index (χ2n) is 5.06. The summed E-state index contributed by atoms with van der Waals surface area (Å²) < 4.78 is 0. The summed E-state index contributed by atoms with van der Waals surface area (Å²) in [6.45, 7) is 0.629. The summed E-state index contributed by atoms with van der Waals surface area (Å²) in [4.78, 5) is 36.8. The molecule has 4 N–H and O–H groups in total. The van der Waals surface area contributed by atoms with Crippen LogP contribution in [0.5, 0.6) is 0 Å². The fourth-order valence-electron chi connectivity index (χ4n) is 2.54. The molecule has 0 aromatic heterocycles. The molecule has 3 rings (SSSR count). The first-order valence-electron chi connectivity index (χ1n) is 7.01. The van der Waals surface area contributed by atoms with Crippen molar-refractivity contribution in [3.63, 3.8) is 0 Å². The topological polar surface area (TPSA) is 131 Å². The Morgan fingerprint density at radius 2 is 2.25 bits per heavy atom. The number of carbonyl (C=O) groups is 3. The Morgan fingerprint density at radius 3 is 2.88 bits per heavy atom. The summed E-state index contributed by atoms with van der Waals surface area (Å²) in [6, 6.07) is -0.848. The number of thioether (sulfide) groups is 2. The van der Waals surface area contributed by atoms with Crippen molar-refractivity contribution in [3.8, 4) is 0 Å². The lowest BCUT2D eigenvalue weighted by atomic mass is 10.0. The number of β-lactam (4-membered cyclic amide) rings is 1. The number of fused-ring (bicyclic) bond motifs is 1. The lowest BCUT2D eigenvalue weighted by molar-refractivity contribution is -0.150. The van der Waals surface area contributed by atoms with E-state index >= 15 is 0 Å². The molecule has 0 aromatic rings. The van der Waals surface area contributed by atoms with Crippen LogP contribution < -0.4 is 10.6 Å². The van der Waals surface area contributed by atoms with Crippen molar-refractivity contribution in [1.29, 1.82) is 0 Å². The predicted molar refractivity (Wildman–Crippen MR) is 88.5 cm³/mol. The van der Waals surface area contributed by atoms with Crippen LogP contribution in [0.2, 0.25) is 0 Å². The molecule has 11 heteroatoms. The van der Waals surface area contributed by atoms with Gasteiger partial charge in [0.05, 0.1) is 5.70 Å². The van der Waals surface area contributed by atoms with Crippen LogP contribution in [0.25, 0.3) is 0 Å². The van der Waals surface area contributed by atoms with E-state index in [4.69, 9.17) is 10.3 Å². The Labute approximate surface area is 145 Å². The molecule has 1 fully saturated rings. The van der Waals surface area contributed by atoms with Gasteiger partial charge in [-0.25, -0.2) is 4.79 Å². The van der Waals surface area contributed by atoms with Crippen molar-refractivity contribution in [2.45, 2.75) is 11.4 Å². The molecule has 0 bridgehead atoms. The maximum atomic E-state index is 12.3. The summed E-state index contributed by atoms with van der Waals surface area (Å²) >= 11 is 2.83. The van der Waals surface area contributed by atoms with Gasteiger partial charge in [0.1, 0.15) is 17.1 Å². The largest absolute Gasteiger partial charge is 0.477 e. The third-order valence-electron chi connectivity index (χ3n) is 3.66. The van der Waals surface area contributed by atoms with Crippen LogP contribution in [0.4, 0.5) is 0 Å². The van der Waals surface area contributed by atoms with Gasteiger partial charge in [-0.2, -0.15) is 0 Å². The van der Waals surface area contributed by atoms with Crippen LogP contribution in [0.3, 0.4) is 0 Å². The Bertz CT molecular complexity index is 690. The molecule has 0 aliphatic carbocycles. The molecule has 2 amide bonds. The number of carboxylic acid groups (broad SMARTS) is 1. The monoisotopic (exact) mass is 370 g/mol. The molecule has 3 aliphatic heterocycles. The number of rotatable bonds is 4. The van der Waals surface area contributed by atoms with Crippen molar-refractivity contribution in [2.75, 3.05) is 18.1 Å². The quantitative estimate of drug-likeness (QED) is 0.222. The van der Waals surface area contributed by atoms with Crippen molar-refractivity contribution in [2.24, 2.45) is 5.16 Å². The van der Waals surface area contributed by atoms with Crippen molar-refractivity contribution in [3.05, 3.63) is 22.9 Å². The zero-order valence-corrected chi connectivity index (χ0v) is 13.9. The van der Waals surface area contributed by atoms with E-state index < -0.39 is 29.2 Å². The van der Waals surface area contributed by atoms with Gasteiger partial charge < -0.3 is 20.9 Å². The minimum atomic E-state index is -1.18. The van der Waals surface area contributed by atoms with E-state index in [2.05, 4.69) is 15.8 Å². The summed E-state index contributed by atoms with van der Waals surface area (Å²) in [5, 5.41) is 27.9. The lowest BCUT2D eigenvalue weighted by Gasteiger charge is -2.48. The van der Waals surface area contributed by atoms with E-state index in [0.29, 0.717) is 18.0 Å². The van der Waals surface area contributed by atoms with Crippen LogP contribution in [-0.4, -0.2) is 68.2 Å². The molecule has 0 radical (unpaired) electrons. The maximum Gasteiger partial charge on any atom is 0.352 e. The van der Waals surface area contributed by atoms with E-state index in [9.17, 15) is 14.4 Å². The lowest BCUT2D eigenvalue weighted by Crippen LogP contribution is -2.70. The van der Waals surface area contributed by atoms with Gasteiger partial charge in [-0.15, -0.1) is 23.5 Å². The number of amides is 2. The molecular formula is C13H14N4O5S2. The van der Waals surface area contributed by atoms with Gasteiger partial charge in [-0.05, 0) is 11.5 Å². The van der Waals surface area contributed by atoms with Gasteiger partial charge in [-0.3, -0.25) is 14.5 Å². The van der Waals surface area contributed by atoms with Gasteiger partial charge in [0, 0.05) is 18.1 Å². The average molecular weight is 370 g/mol. The molecule has 2 atom stereocenters. The predicted octanol–water partition coefficient (Wildman–Crippen LogP) is -0.637. The fraction of sp³-hybridized carbons (Fsp3) is 0.385. The number of carbonyl (C=O) groups excluding carboxylic acids is 2. The minimum Gasteiger partial charge on any atom is -0.477 e. The SMILES string of the molecule is O=C(O)C1=CCS[C@@H]2C(NC(=O)/C(=N\O)C3=CSCCN3)C(=O)N12. The number of hydrogen-bond acceptors (Lipinski definition) is 8. The second-order valence-corrected chi connectivity index (χ2v) is 7.18. The third-order valence-corrected chi connectivity index (χ3v) is 5.68. The van der Waals surface area contributed by atoms with E-state index in [1.165, 1.54) is 29.6 Å². The second kappa shape index (κ2) is 6.77. The number of oxime groups is 1. The summed E-state index contributed by atoms with van der Waals surface area (Å²) in [5.41, 5.74) is 0.110. The first-order chi connectivity index (χ1) is 11.5. The van der Waals surface area contributed by atoms with Crippen molar-refractivity contribution < 1.29 is 24.7 Å². The highest BCUT2D eigenvalue weighted by atomic mass is 32.2. The Morgan fingerprint density at radius 1 is 1.46 bits per heavy atom. The zero-order valence-electron chi connectivity index (χ0n) is 12.3. The van der Waals surface area contributed by atoms with Crippen LogP contribution in [0.1, 0.15) is 0 Å². The van der Waals surface area contributed by atoms with Gasteiger partial charge in [0.2, 0.25) is 0 Å². The molecule has 24 heavy (non-hydrogen) atoms. The maximum absolute atomic E-state index is 12.3. The van der Waals surface area contributed by atoms with Gasteiger partial charge in [0.15, 0.2) is 5.71 Å². The highest BCUT2D eigenvalue weighted by molar-refractivity contribution is 8.02. The van der Waals surface area contributed by atoms with Gasteiger partial charge in [-0.1, -0.05) is 5.16 Å². The van der Waals surface area contributed by atoms with Gasteiger partial charge in [0.25, 0.3) is 11.8 Å². The first-order valence-corrected chi connectivity index (χ1v) is 9.11. The van der Waals surface area contributed by atoms with Gasteiger partial charge >= 0.3 is 5.97 Å². The summed E-state index contributed by atoms with van der Waals surface area (Å²) in [6.07, 6.45) is 1.47. The number of aliphatic carboxylic acids is 1. The molecule has 0 saturated carbocycles. The van der Waals surface area contributed by atoms with E-state index in [1.54, 1.807) is 5.41 Å². The number of nitrogens with one attached hydrogen (secondary N) is 2. The molecule has 3 aliphatic rings. The Balaban J connectivity index is 1.70. The highest BCUT2D eigenvalue weighted by Crippen LogP contribution is 2.37.